The molecule has 8 heteroatoms. The zero-order valence-electron chi connectivity index (χ0n) is 13.1. The van der Waals surface area contributed by atoms with Crippen LogP contribution in [0.2, 0.25) is 0 Å². The summed E-state index contributed by atoms with van der Waals surface area (Å²) in [5, 5.41) is 9.06. The van der Waals surface area contributed by atoms with Crippen molar-refractivity contribution in [2.45, 2.75) is 31.8 Å². The summed E-state index contributed by atoms with van der Waals surface area (Å²) >= 11 is 0. The van der Waals surface area contributed by atoms with Crippen molar-refractivity contribution >= 4 is 17.5 Å². The molecule has 1 aromatic carbocycles. The van der Waals surface area contributed by atoms with Crippen LogP contribution in [0, 0.1) is 17.6 Å². The number of carbonyl (C=O) groups excluding carboxylic acids is 1. The van der Waals surface area contributed by atoms with Crippen molar-refractivity contribution in [3.63, 3.8) is 0 Å². The van der Waals surface area contributed by atoms with Crippen molar-refractivity contribution in [1.82, 2.24) is 0 Å². The molecule has 4 atom stereocenters. The van der Waals surface area contributed by atoms with E-state index in [-0.39, 0.29) is 42.8 Å². The smallest absolute Gasteiger partial charge is 0.414 e. The lowest BCUT2D eigenvalue weighted by molar-refractivity contribution is 0.0962. The molecular formula is C16H18F2N2O4. The fourth-order valence-corrected chi connectivity index (χ4v) is 3.77. The highest BCUT2D eigenvalue weighted by Crippen LogP contribution is 2.41. The fourth-order valence-electron chi connectivity index (χ4n) is 3.77. The normalized spacial score (nSPS) is 31.9. The van der Waals surface area contributed by atoms with E-state index in [1.807, 2.05) is 6.92 Å². The predicted molar refractivity (Wildman–Crippen MR) is 80.8 cm³/mol. The van der Waals surface area contributed by atoms with Crippen LogP contribution >= 0.6 is 0 Å². The molecule has 1 N–H and O–H groups in total. The van der Waals surface area contributed by atoms with E-state index in [0.29, 0.717) is 6.54 Å². The van der Waals surface area contributed by atoms with Crippen LogP contribution in [0.4, 0.5) is 25.0 Å². The summed E-state index contributed by atoms with van der Waals surface area (Å²) < 4.78 is 39.8. The van der Waals surface area contributed by atoms with Crippen LogP contribution in [0.15, 0.2) is 12.1 Å². The van der Waals surface area contributed by atoms with Gasteiger partial charge in [-0.05, 0) is 6.42 Å². The third-order valence-electron chi connectivity index (χ3n) is 4.84. The first kappa shape index (κ1) is 15.6. The Morgan fingerprint density at radius 1 is 1.29 bits per heavy atom. The molecule has 4 rings (SSSR count). The minimum Gasteiger partial charge on any atom is -0.441 e. The molecule has 0 saturated carbocycles. The summed E-state index contributed by atoms with van der Waals surface area (Å²) in [4.78, 5) is 14.5. The van der Waals surface area contributed by atoms with Crippen LogP contribution in [0.1, 0.15) is 13.3 Å². The fraction of sp³-hybridized carbons (Fsp3) is 0.562. The largest absolute Gasteiger partial charge is 0.441 e. The van der Waals surface area contributed by atoms with E-state index in [1.54, 1.807) is 4.90 Å². The highest BCUT2D eigenvalue weighted by Gasteiger charge is 2.46. The molecular weight excluding hydrogens is 322 g/mol. The Balaban J connectivity index is 1.64. The number of nitrogens with zero attached hydrogens (tertiary/aromatic N) is 2. The molecule has 3 aliphatic rings. The lowest BCUT2D eigenvalue weighted by atomic mass is 9.99. The molecule has 3 fully saturated rings. The van der Waals surface area contributed by atoms with Gasteiger partial charge in [0.2, 0.25) is 0 Å². The molecule has 0 radical (unpaired) electrons. The minimum atomic E-state index is -0.742. The summed E-state index contributed by atoms with van der Waals surface area (Å²) in [5.41, 5.74) is -0.0444. The van der Waals surface area contributed by atoms with Gasteiger partial charge in [0.25, 0.3) is 0 Å². The van der Waals surface area contributed by atoms with Gasteiger partial charge >= 0.3 is 6.09 Å². The van der Waals surface area contributed by atoms with Crippen LogP contribution in [-0.2, 0) is 9.47 Å². The maximum absolute atomic E-state index is 14.6. The summed E-state index contributed by atoms with van der Waals surface area (Å²) in [5.74, 6) is -1.27. The zero-order chi connectivity index (χ0) is 17.0. The molecule has 0 aromatic heterocycles. The standard InChI is InChI=1S/C16H18F2N2O4/c1-8-2-10-5-20(15(8)23-10)14-12(17)3-9(4-13(14)18)19-6-11(7-21)24-16(19)22/h3-4,8,10-11,15,21H,2,5-7H2,1H3/t8-,10?,11+,15?/m0/s1. The van der Waals surface area contributed by atoms with Crippen LogP contribution in [-0.4, -0.2) is 49.3 Å². The third-order valence-corrected chi connectivity index (χ3v) is 4.84. The van der Waals surface area contributed by atoms with Crippen molar-refractivity contribution in [3.8, 4) is 0 Å². The van der Waals surface area contributed by atoms with Crippen LogP contribution < -0.4 is 9.80 Å². The molecule has 2 unspecified atom stereocenters. The monoisotopic (exact) mass is 340 g/mol. The van der Waals surface area contributed by atoms with Crippen LogP contribution in [0.25, 0.3) is 0 Å². The van der Waals surface area contributed by atoms with Crippen molar-refractivity contribution < 1.29 is 28.2 Å². The molecule has 6 nitrogen and oxygen atoms in total. The molecule has 130 valence electrons. The first-order valence-corrected chi connectivity index (χ1v) is 7.98. The quantitative estimate of drug-likeness (QED) is 0.910. The number of piperidine rings is 1. The van der Waals surface area contributed by atoms with Crippen molar-refractivity contribution in [1.29, 1.82) is 0 Å². The number of anilines is 2. The van der Waals surface area contributed by atoms with E-state index in [9.17, 15) is 13.6 Å². The van der Waals surface area contributed by atoms with Gasteiger partial charge in [0, 0.05) is 24.6 Å². The number of benzene rings is 1. The number of halogens is 2. The number of hydrogen-bond donors (Lipinski definition) is 1. The summed E-state index contributed by atoms with van der Waals surface area (Å²) in [6.07, 6.45) is -0.836. The maximum Gasteiger partial charge on any atom is 0.414 e. The van der Waals surface area contributed by atoms with E-state index < -0.39 is 23.8 Å². The number of rotatable bonds is 3. The summed E-state index contributed by atoms with van der Waals surface area (Å²) in [6.45, 7) is 2.18. The second kappa shape index (κ2) is 5.56. The Morgan fingerprint density at radius 2 is 2.00 bits per heavy atom. The number of aliphatic hydroxyl groups is 1. The number of carbonyl (C=O) groups is 1. The molecule has 0 spiro atoms. The van der Waals surface area contributed by atoms with Crippen molar-refractivity contribution in [2.75, 3.05) is 29.5 Å². The highest BCUT2D eigenvalue weighted by atomic mass is 19.1. The van der Waals surface area contributed by atoms with Gasteiger partial charge in [0.05, 0.1) is 24.9 Å². The Labute approximate surface area is 137 Å². The molecule has 1 aromatic rings. The third kappa shape index (κ3) is 2.32. The Hall–Kier alpha value is -1.93. The average molecular weight is 340 g/mol. The Morgan fingerprint density at radius 3 is 2.54 bits per heavy atom. The number of fused-ring (bicyclic) bond motifs is 2. The predicted octanol–water partition coefficient (Wildman–Crippen LogP) is 1.85. The van der Waals surface area contributed by atoms with Gasteiger partial charge in [-0.1, -0.05) is 6.92 Å². The maximum atomic E-state index is 14.6. The molecule has 3 heterocycles. The van der Waals surface area contributed by atoms with Crippen molar-refractivity contribution in [3.05, 3.63) is 23.8 Å². The molecule has 3 saturated heterocycles. The lowest BCUT2D eigenvalue weighted by Crippen LogP contribution is -2.39. The average Bonchev–Trinajstić information content (AvgIpc) is 3.19. The lowest BCUT2D eigenvalue weighted by Gasteiger charge is -2.31. The van der Waals surface area contributed by atoms with Gasteiger partial charge in [-0.25, -0.2) is 13.6 Å². The van der Waals surface area contributed by atoms with E-state index in [0.717, 1.165) is 23.5 Å². The number of aliphatic hydroxyl groups excluding tert-OH is 1. The van der Waals surface area contributed by atoms with Gasteiger partial charge < -0.3 is 19.5 Å². The molecule has 2 bridgehead atoms. The van der Waals surface area contributed by atoms with E-state index in [2.05, 4.69) is 0 Å². The van der Waals surface area contributed by atoms with E-state index >= 15 is 0 Å². The summed E-state index contributed by atoms with van der Waals surface area (Å²) in [6, 6.07) is 2.24. The number of hydrogen-bond acceptors (Lipinski definition) is 5. The molecule has 1 amide bonds. The number of cyclic esters (lactones) is 1. The first-order chi connectivity index (χ1) is 11.5. The Kier molecular flexibility index (Phi) is 3.61. The Bertz CT molecular complexity index is 663. The number of amides is 1. The van der Waals surface area contributed by atoms with Crippen LogP contribution in [0.3, 0.4) is 0 Å². The SMILES string of the molecule is C[C@H]1CC2CN(c3c(F)cc(N4C[C@H](CO)OC4=O)cc3F)C1O2. The highest BCUT2D eigenvalue weighted by molar-refractivity contribution is 5.90. The number of ether oxygens (including phenoxy) is 2. The second-order valence-corrected chi connectivity index (χ2v) is 6.57. The van der Waals surface area contributed by atoms with E-state index in [1.165, 1.54) is 0 Å². The van der Waals surface area contributed by atoms with Gasteiger partial charge in [-0.2, -0.15) is 0 Å². The topological polar surface area (TPSA) is 62.2 Å². The van der Waals surface area contributed by atoms with Gasteiger partial charge in [0.1, 0.15) is 18.0 Å². The first-order valence-electron chi connectivity index (χ1n) is 7.98. The van der Waals surface area contributed by atoms with Crippen molar-refractivity contribution in [2.24, 2.45) is 5.92 Å². The molecule has 3 aliphatic heterocycles. The summed E-state index contributed by atoms with van der Waals surface area (Å²) in [7, 11) is 0. The molecule has 24 heavy (non-hydrogen) atoms. The molecule has 0 aliphatic carbocycles. The minimum absolute atomic E-state index is 0.00217. The van der Waals surface area contributed by atoms with E-state index in [4.69, 9.17) is 14.6 Å². The van der Waals surface area contributed by atoms with Gasteiger partial charge in [-0.15, -0.1) is 0 Å². The van der Waals surface area contributed by atoms with Gasteiger partial charge in [0.15, 0.2) is 11.6 Å². The van der Waals surface area contributed by atoms with Crippen LogP contribution in [0.5, 0.6) is 0 Å². The van der Waals surface area contributed by atoms with Gasteiger partial charge in [-0.3, -0.25) is 4.90 Å². The zero-order valence-corrected chi connectivity index (χ0v) is 13.1. The second-order valence-electron chi connectivity index (χ2n) is 6.57.